The maximum atomic E-state index is 11.2. The molecule has 0 atom stereocenters. The van der Waals surface area contributed by atoms with Gasteiger partial charge in [-0.05, 0) is 12.1 Å². The summed E-state index contributed by atoms with van der Waals surface area (Å²) in [5, 5.41) is 0.759. The van der Waals surface area contributed by atoms with Gasteiger partial charge in [-0.1, -0.05) is 35.3 Å². The summed E-state index contributed by atoms with van der Waals surface area (Å²) in [6, 6.07) is 7.20. The minimum absolute atomic E-state index is 0.0398. The van der Waals surface area contributed by atoms with E-state index in [0.717, 1.165) is 0 Å². The molecular formula is C13H10Cl2N2O2. The van der Waals surface area contributed by atoms with Crippen molar-refractivity contribution in [3.8, 4) is 11.4 Å². The van der Waals surface area contributed by atoms with E-state index in [9.17, 15) is 4.79 Å². The molecule has 2 rings (SSSR count). The molecule has 6 heteroatoms. The van der Waals surface area contributed by atoms with Crippen molar-refractivity contribution in [3.05, 3.63) is 46.2 Å². The molecule has 0 saturated carbocycles. The molecule has 0 amide bonds. The van der Waals surface area contributed by atoms with Gasteiger partial charge in [-0.15, -0.1) is 0 Å². The molecule has 4 nitrogen and oxygen atoms in total. The fraction of sp³-hybridized carbons (Fsp3) is 0.154. The third kappa shape index (κ3) is 3.22. The number of hydrogen-bond donors (Lipinski definition) is 0. The molecule has 0 unspecified atom stereocenters. The van der Waals surface area contributed by atoms with Crippen LogP contribution >= 0.6 is 23.2 Å². The van der Waals surface area contributed by atoms with Crippen LogP contribution in [-0.4, -0.2) is 23.0 Å². The van der Waals surface area contributed by atoms with Crippen molar-refractivity contribution in [3.63, 3.8) is 0 Å². The molecule has 98 valence electrons. The molecule has 0 aliphatic heterocycles. The topological polar surface area (TPSA) is 52.1 Å². The van der Waals surface area contributed by atoms with Gasteiger partial charge < -0.3 is 4.74 Å². The van der Waals surface area contributed by atoms with Gasteiger partial charge in [0.05, 0.1) is 18.6 Å². The number of nitrogens with zero attached hydrogens (tertiary/aromatic N) is 2. The summed E-state index contributed by atoms with van der Waals surface area (Å²) in [4.78, 5) is 19.5. The number of aromatic nitrogens is 2. The number of carbonyl (C=O) groups is 1. The summed E-state index contributed by atoms with van der Waals surface area (Å²) in [5.74, 6) is 0.0280. The molecular weight excluding hydrogens is 287 g/mol. The van der Waals surface area contributed by atoms with E-state index in [2.05, 4.69) is 14.7 Å². The van der Waals surface area contributed by atoms with Gasteiger partial charge in [-0.3, -0.25) is 4.79 Å². The van der Waals surface area contributed by atoms with Crippen LogP contribution in [0.5, 0.6) is 0 Å². The van der Waals surface area contributed by atoms with Crippen molar-refractivity contribution in [1.29, 1.82) is 0 Å². The lowest BCUT2D eigenvalue weighted by atomic mass is 10.2. The van der Waals surface area contributed by atoms with E-state index < -0.39 is 5.97 Å². The predicted molar refractivity (Wildman–Crippen MR) is 73.2 cm³/mol. The first-order valence-electron chi connectivity index (χ1n) is 5.45. The SMILES string of the molecule is COC(=O)Cc1cnc(-c2ccccc2Cl)nc1Cl. The van der Waals surface area contributed by atoms with E-state index in [1.165, 1.54) is 13.3 Å². The molecule has 0 aliphatic carbocycles. The zero-order chi connectivity index (χ0) is 13.8. The lowest BCUT2D eigenvalue weighted by molar-refractivity contribution is -0.139. The molecule has 0 radical (unpaired) electrons. The number of halogens is 2. The fourth-order valence-electron chi connectivity index (χ4n) is 1.50. The number of benzene rings is 1. The fourth-order valence-corrected chi connectivity index (χ4v) is 1.92. The van der Waals surface area contributed by atoms with Crippen LogP contribution in [0, 0.1) is 0 Å². The third-order valence-electron chi connectivity index (χ3n) is 2.49. The maximum Gasteiger partial charge on any atom is 0.310 e. The lowest BCUT2D eigenvalue weighted by Crippen LogP contribution is -2.06. The molecule has 0 N–H and O–H groups in total. The highest BCUT2D eigenvalue weighted by Crippen LogP contribution is 2.26. The third-order valence-corrected chi connectivity index (χ3v) is 3.15. The van der Waals surface area contributed by atoms with E-state index in [1.807, 2.05) is 12.1 Å². The van der Waals surface area contributed by atoms with Crippen LogP contribution in [0.3, 0.4) is 0 Å². The number of esters is 1. The minimum atomic E-state index is -0.393. The van der Waals surface area contributed by atoms with Crippen molar-refractivity contribution >= 4 is 29.2 Å². The number of methoxy groups -OCH3 is 1. The summed E-state index contributed by atoms with van der Waals surface area (Å²) in [5.41, 5.74) is 1.21. The van der Waals surface area contributed by atoms with Crippen LogP contribution < -0.4 is 0 Å². The molecule has 1 heterocycles. The Balaban J connectivity index is 2.34. The average Bonchev–Trinajstić information content (AvgIpc) is 2.41. The van der Waals surface area contributed by atoms with Crippen molar-refractivity contribution in [2.24, 2.45) is 0 Å². The second kappa shape index (κ2) is 5.99. The van der Waals surface area contributed by atoms with E-state index in [1.54, 1.807) is 12.1 Å². The highest BCUT2D eigenvalue weighted by Gasteiger charge is 2.12. The van der Waals surface area contributed by atoms with Gasteiger partial charge in [-0.2, -0.15) is 0 Å². The number of rotatable bonds is 3. The van der Waals surface area contributed by atoms with Crippen LogP contribution in [0.1, 0.15) is 5.56 Å². The van der Waals surface area contributed by atoms with Crippen molar-refractivity contribution in [2.45, 2.75) is 6.42 Å². The Morgan fingerprint density at radius 1 is 1.32 bits per heavy atom. The summed E-state index contributed by atoms with van der Waals surface area (Å²) < 4.78 is 4.57. The van der Waals surface area contributed by atoms with E-state index in [-0.39, 0.29) is 11.6 Å². The Morgan fingerprint density at radius 3 is 2.68 bits per heavy atom. The van der Waals surface area contributed by atoms with E-state index >= 15 is 0 Å². The van der Waals surface area contributed by atoms with Gasteiger partial charge in [-0.25, -0.2) is 9.97 Å². The molecule has 1 aromatic carbocycles. The molecule has 2 aromatic rings. The van der Waals surface area contributed by atoms with Crippen LogP contribution in [0.2, 0.25) is 10.2 Å². The van der Waals surface area contributed by atoms with Crippen molar-refractivity contribution < 1.29 is 9.53 Å². The van der Waals surface area contributed by atoms with Crippen LogP contribution in [-0.2, 0) is 16.0 Å². The maximum absolute atomic E-state index is 11.2. The van der Waals surface area contributed by atoms with Gasteiger partial charge in [0.25, 0.3) is 0 Å². The lowest BCUT2D eigenvalue weighted by Gasteiger charge is -2.06. The largest absolute Gasteiger partial charge is 0.469 e. The van der Waals surface area contributed by atoms with Crippen LogP contribution in [0.15, 0.2) is 30.5 Å². The Morgan fingerprint density at radius 2 is 2.05 bits per heavy atom. The second-order valence-corrected chi connectivity index (χ2v) is 4.51. The van der Waals surface area contributed by atoms with Gasteiger partial charge in [0.1, 0.15) is 5.15 Å². The Hall–Kier alpha value is -1.65. The molecule has 0 bridgehead atoms. The highest BCUT2D eigenvalue weighted by atomic mass is 35.5. The van der Waals surface area contributed by atoms with Crippen molar-refractivity contribution in [2.75, 3.05) is 7.11 Å². The van der Waals surface area contributed by atoms with Crippen molar-refractivity contribution in [1.82, 2.24) is 9.97 Å². The summed E-state index contributed by atoms with van der Waals surface area (Å²) in [6.45, 7) is 0. The first-order valence-corrected chi connectivity index (χ1v) is 6.20. The highest BCUT2D eigenvalue weighted by molar-refractivity contribution is 6.33. The molecule has 0 spiro atoms. The van der Waals surface area contributed by atoms with E-state index in [4.69, 9.17) is 23.2 Å². The first-order chi connectivity index (χ1) is 9.11. The molecule has 19 heavy (non-hydrogen) atoms. The Labute approximate surface area is 120 Å². The first kappa shape index (κ1) is 13.8. The number of ether oxygens (including phenoxy) is 1. The molecule has 0 fully saturated rings. The summed E-state index contributed by atoms with van der Waals surface area (Å²) >= 11 is 12.1. The minimum Gasteiger partial charge on any atom is -0.469 e. The molecule has 0 aliphatic rings. The Kier molecular flexibility index (Phi) is 4.35. The van der Waals surface area contributed by atoms with Crippen LogP contribution in [0.25, 0.3) is 11.4 Å². The van der Waals surface area contributed by atoms with Gasteiger partial charge >= 0.3 is 5.97 Å². The summed E-state index contributed by atoms with van der Waals surface area (Å²) in [7, 11) is 1.31. The number of carbonyl (C=O) groups excluding carboxylic acids is 1. The summed E-state index contributed by atoms with van der Waals surface area (Å²) in [6.07, 6.45) is 1.54. The molecule has 0 saturated heterocycles. The molecule has 1 aromatic heterocycles. The smallest absolute Gasteiger partial charge is 0.310 e. The number of hydrogen-bond acceptors (Lipinski definition) is 4. The quantitative estimate of drug-likeness (QED) is 0.645. The normalized spacial score (nSPS) is 10.3. The zero-order valence-electron chi connectivity index (χ0n) is 10.1. The Bertz CT molecular complexity index is 617. The average molecular weight is 297 g/mol. The van der Waals surface area contributed by atoms with E-state index in [0.29, 0.717) is 22.0 Å². The van der Waals surface area contributed by atoms with Gasteiger partial charge in [0, 0.05) is 17.3 Å². The van der Waals surface area contributed by atoms with Gasteiger partial charge in [0.2, 0.25) is 0 Å². The second-order valence-electron chi connectivity index (χ2n) is 3.74. The monoisotopic (exact) mass is 296 g/mol. The standard InChI is InChI=1S/C13H10Cl2N2O2/c1-19-11(18)6-8-7-16-13(17-12(8)15)9-4-2-3-5-10(9)14/h2-5,7H,6H2,1H3. The predicted octanol–water partition coefficient (Wildman–Crippen LogP) is 3.17. The van der Waals surface area contributed by atoms with Gasteiger partial charge in [0.15, 0.2) is 5.82 Å². The van der Waals surface area contributed by atoms with Crippen LogP contribution in [0.4, 0.5) is 0 Å². The zero-order valence-corrected chi connectivity index (χ0v) is 11.6.